The molecule has 1 aliphatic heterocycles. The molecule has 0 radical (unpaired) electrons. The zero-order valence-electron chi connectivity index (χ0n) is 15.7. The molecule has 0 amide bonds. The Kier molecular flexibility index (Phi) is 3.68. The first-order chi connectivity index (χ1) is 14.1. The standard InChI is InChI=1S/C24H17N3O2/c1-13-5-4-7-15-11-17(24(28)27-22(13)15)20-18(12-25)23(26)29-19-10-9-14-6-2-3-8-16(14)21(19)20/h2-11,20H,26H2,1H3,(H,27,28). The normalized spacial score (nSPS) is 15.8. The van der Waals surface area contributed by atoms with Gasteiger partial charge in [-0.2, -0.15) is 5.26 Å². The number of para-hydroxylation sites is 1. The first-order valence-corrected chi connectivity index (χ1v) is 9.30. The van der Waals surface area contributed by atoms with Crippen LogP contribution in [0.4, 0.5) is 0 Å². The van der Waals surface area contributed by atoms with Crippen molar-refractivity contribution in [1.82, 2.24) is 4.98 Å². The highest BCUT2D eigenvalue weighted by Gasteiger charge is 2.34. The van der Waals surface area contributed by atoms with Crippen LogP contribution in [0, 0.1) is 18.3 Å². The largest absolute Gasteiger partial charge is 0.440 e. The number of ether oxygens (including phenoxy) is 1. The van der Waals surface area contributed by atoms with Crippen molar-refractivity contribution in [2.75, 3.05) is 0 Å². The second-order valence-electron chi connectivity index (χ2n) is 7.22. The zero-order chi connectivity index (χ0) is 20.1. The molecule has 1 unspecified atom stereocenters. The number of aromatic nitrogens is 1. The monoisotopic (exact) mass is 379 g/mol. The summed E-state index contributed by atoms with van der Waals surface area (Å²) < 4.78 is 5.76. The summed E-state index contributed by atoms with van der Waals surface area (Å²) in [5.41, 5.74) is 9.13. The quantitative estimate of drug-likeness (QED) is 0.518. The summed E-state index contributed by atoms with van der Waals surface area (Å²) >= 11 is 0. The average molecular weight is 379 g/mol. The highest BCUT2D eigenvalue weighted by atomic mass is 16.5. The van der Waals surface area contributed by atoms with Crippen LogP contribution in [0.1, 0.15) is 22.6 Å². The van der Waals surface area contributed by atoms with E-state index in [1.54, 1.807) is 0 Å². The molecule has 5 heteroatoms. The third kappa shape index (κ3) is 2.50. The van der Waals surface area contributed by atoms with E-state index in [4.69, 9.17) is 10.5 Å². The lowest BCUT2D eigenvalue weighted by Crippen LogP contribution is -2.25. The molecule has 0 saturated carbocycles. The van der Waals surface area contributed by atoms with Gasteiger partial charge in [0.25, 0.3) is 5.56 Å². The lowest BCUT2D eigenvalue weighted by atomic mass is 9.81. The minimum atomic E-state index is -0.608. The van der Waals surface area contributed by atoms with Crippen LogP contribution in [0.15, 0.2) is 76.9 Å². The van der Waals surface area contributed by atoms with Gasteiger partial charge in [0.15, 0.2) is 0 Å². The van der Waals surface area contributed by atoms with Crippen LogP contribution in [0.25, 0.3) is 21.7 Å². The molecule has 1 aliphatic rings. The van der Waals surface area contributed by atoms with Crippen LogP contribution in [0.2, 0.25) is 0 Å². The Bertz CT molecular complexity index is 1440. The molecule has 1 aromatic heterocycles. The van der Waals surface area contributed by atoms with Crippen LogP contribution in [0.3, 0.4) is 0 Å². The zero-order valence-corrected chi connectivity index (χ0v) is 15.7. The summed E-state index contributed by atoms with van der Waals surface area (Å²) in [5, 5.41) is 12.7. The maximum absolute atomic E-state index is 13.1. The Labute approximate surface area is 166 Å². The van der Waals surface area contributed by atoms with Gasteiger partial charge in [-0.3, -0.25) is 4.79 Å². The number of fused-ring (bicyclic) bond motifs is 4. The average Bonchev–Trinajstić information content (AvgIpc) is 2.73. The van der Waals surface area contributed by atoms with Crippen molar-refractivity contribution in [1.29, 1.82) is 5.26 Å². The summed E-state index contributed by atoms with van der Waals surface area (Å²) in [6.45, 7) is 1.95. The Balaban J connectivity index is 1.89. The number of rotatable bonds is 1. The molecule has 3 N–H and O–H groups in total. The number of hydrogen-bond donors (Lipinski definition) is 2. The topological polar surface area (TPSA) is 91.9 Å². The number of nitrogens with one attached hydrogen (secondary N) is 1. The summed E-state index contributed by atoms with van der Waals surface area (Å²) in [4.78, 5) is 16.1. The van der Waals surface area contributed by atoms with Gasteiger partial charge in [0.05, 0.1) is 11.4 Å². The molecule has 5 nitrogen and oxygen atoms in total. The van der Waals surface area contributed by atoms with Gasteiger partial charge >= 0.3 is 0 Å². The van der Waals surface area contributed by atoms with E-state index in [1.165, 1.54) is 0 Å². The van der Waals surface area contributed by atoms with Crippen molar-refractivity contribution in [2.45, 2.75) is 12.8 Å². The fourth-order valence-corrected chi connectivity index (χ4v) is 4.17. The fraction of sp³-hybridized carbons (Fsp3) is 0.0833. The molecule has 4 aromatic rings. The van der Waals surface area contributed by atoms with E-state index in [0.717, 1.165) is 32.8 Å². The molecule has 0 aliphatic carbocycles. The summed E-state index contributed by atoms with van der Waals surface area (Å²) in [7, 11) is 0. The van der Waals surface area contributed by atoms with E-state index < -0.39 is 5.92 Å². The van der Waals surface area contributed by atoms with Crippen molar-refractivity contribution >= 4 is 21.7 Å². The fourth-order valence-electron chi connectivity index (χ4n) is 4.17. The Morgan fingerprint density at radius 3 is 2.69 bits per heavy atom. The first-order valence-electron chi connectivity index (χ1n) is 9.30. The molecule has 0 fully saturated rings. The SMILES string of the molecule is Cc1cccc2cc(C3C(C#N)=C(N)Oc4ccc5ccccc5c43)c(=O)[nH]c12. The van der Waals surface area contributed by atoms with Gasteiger partial charge in [-0.05, 0) is 40.8 Å². The second kappa shape index (κ2) is 6.25. The van der Waals surface area contributed by atoms with Crippen LogP contribution in [-0.4, -0.2) is 4.98 Å². The van der Waals surface area contributed by atoms with Gasteiger partial charge in [0.2, 0.25) is 5.88 Å². The maximum Gasteiger partial charge on any atom is 0.252 e. The molecule has 3 aromatic carbocycles. The van der Waals surface area contributed by atoms with Crippen molar-refractivity contribution in [3.63, 3.8) is 0 Å². The van der Waals surface area contributed by atoms with Gasteiger partial charge < -0.3 is 15.5 Å². The maximum atomic E-state index is 13.1. The van der Waals surface area contributed by atoms with E-state index >= 15 is 0 Å². The number of pyridine rings is 1. The van der Waals surface area contributed by atoms with Crippen molar-refractivity contribution in [3.05, 3.63) is 99.2 Å². The molecule has 140 valence electrons. The van der Waals surface area contributed by atoms with Crippen molar-refractivity contribution in [2.24, 2.45) is 5.73 Å². The number of allylic oxidation sites excluding steroid dienone is 1. The summed E-state index contributed by atoms with van der Waals surface area (Å²) in [5.74, 6) is -0.0125. The van der Waals surface area contributed by atoms with Crippen LogP contribution < -0.4 is 16.0 Å². The molecule has 0 bridgehead atoms. The highest BCUT2D eigenvalue weighted by Crippen LogP contribution is 2.45. The number of nitriles is 1. The van der Waals surface area contributed by atoms with E-state index in [2.05, 4.69) is 11.1 Å². The smallest absolute Gasteiger partial charge is 0.252 e. The third-order valence-electron chi connectivity index (χ3n) is 5.54. The molecular weight excluding hydrogens is 362 g/mol. The Hall–Kier alpha value is -4.04. The minimum Gasteiger partial charge on any atom is -0.440 e. The van der Waals surface area contributed by atoms with Gasteiger partial charge in [0.1, 0.15) is 17.4 Å². The van der Waals surface area contributed by atoms with Crippen molar-refractivity contribution < 1.29 is 4.74 Å². The number of benzene rings is 3. The van der Waals surface area contributed by atoms with Crippen molar-refractivity contribution in [3.8, 4) is 11.8 Å². The highest BCUT2D eigenvalue weighted by molar-refractivity contribution is 5.90. The number of nitrogens with two attached hydrogens (primary N) is 1. The molecule has 2 heterocycles. The third-order valence-corrected chi connectivity index (χ3v) is 5.54. The van der Waals surface area contributed by atoms with Gasteiger partial charge in [-0.1, -0.05) is 48.5 Å². The van der Waals surface area contributed by atoms with Crippen LogP contribution >= 0.6 is 0 Å². The molecule has 29 heavy (non-hydrogen) atoms. The first kappa shape index (κ1) is 17.1. The summed E-state index contributed by atoms with van der Waals surface area (Å²) in [6, 6.07) is 21.5. The minimum absolute atomic E-state index is 0.0315. The van der Waals surface area contributed by atoms with E-state index in [-0.39, 0.29) is 17.0 Å². The molecule has 0 saturated heterocycles. The molecule has 0 spiro atoms. The number of nitrogens with zero attached hydrogens (tertiary/aromatic N) is 1. The molecular formula is C24H17N3O2. The van der Waals surface area contributed by atoms with Crippen LogP contribution in [0.5, 0.6) is 5.75 Å². The van der Waals surface area contributed by atoms with E-state index in [1.807, 2.05) is 67.6 Å². The Morgan fingerprint density at radius 2 is 1.86 bits per heavy atom. The number of aryl methyl sites for hydroxylation is 1. The van der Waals surface area contributed by atoms with Crippen LogP contribution in [-0.2, 0) is 0 Å². The van der Waals surface area contributed by atoms with E-state index in [0.29, 0.717) is 11.3 Å². The lowest BCUT2D eigenvalue weighted by Gasteiger charge is -2.27. The second-order valence-corrected chi connectivity index (χ2v) is 7.22. The molecule has 5 rings (SSSR count). The van der Waals surface area contributed by atoms with Gasteiger partial charge in [-0.15, -0.1) is 0 Å². The Morgan fingerprint density at radius 1 is 1.07 bits per heavy atom. The van der Waals surface area contributed by atoms with Gasteiger partial charge in [0, 0.05) is 11.1 Å². The number of hydrogen-bond acceptors (Lipinski definition) is 4. The lowest BCUT2D eigenvalue weighted by molar-refractivity contribution is 0.395. The summed E-state index contributed by atoms with van der Waals surface area (Å²) in [6.07, 6.45) is 0. The predicted octanol–water partition coefficient (Wildman–Crippen LogP) is 4.21. The van der Waals surface area contributed by atoms with E-state index in [9.17, 15) is 10.1 Å². The predicted molar refractivity (Wildman–Crippen MR) is 113 cm³/mol. The number of aromatic amines is 1. The van der Waals surface area contributed by atoms with Gasteiger partial charge in [-0.25, -0.2) is 0 Å². The number of H-pyrrole nitrogens is 1. The molecule has 1 atom stereocenters.